The molecule has 8 heteroatoms. The van der Waals surface area contributed by atoms with Crippen LogP contribution in [0.15, 0.2) is 0 Å². The fraction of sp³-hybridized carbons (Fsp3) is 0.786. The van der Waals surface area contributed by atoms with E-state index in [4.69, 9.17) is 0 Å². The van der Waals surface area contributed by atoms with Crippen LogP contribution < -0.4 is 5.32 Å². The Bertz CT molecular complexity index is 988. The van der Waals surface area contributed by atoms with Crippen LogP contribution in [-0.2, 0) is 22.4 Å². The highest BCUT2D eigenvalue weighted by molar-refractivity contribution is 5.94. The second-order valence-corrected chi connectivity index (χ2v) is 12.3. The first-order valence-corrected chi connectivity index (χ1v) is 14.2. The van der Waals surface area contributed by atoms with Crippen molar-refractivity contribution in [2.45, 2.75) is 97.1 Å². The average Bonchev–Trinajstić information content (AvgIpc) is 3.45. The number of H-pyrrole nitrogens is 1. The molecule has 0 aromatic carbocycles. The van der Waals surface area contributed by atoms with Gasteiger partial charge in [0, 0.05) is 55.8 Å². The molecule has 1 aromatic heterocycles. The van der Waals surface area contributed by atoms with E-state index in [-0.39, 0.29) is 35.7 Å². The summed E-state index contributed by atoms with van der Waals surface area (Å²) in [6.45, 7) is 8.56. The van der Waals surface area contributed by atoms with Gasteiger partial charge >= 0.3 is 0 Å². The third-order valence-electron chi connectivity index (χ3n) is 9.13. The molecule has 1 aromatic rings. The van der Waals surface area contributed by atoms with E-state index in [0.29, 0.717) is 49.4 Å². The van der Waals surface area contributed by atoms with E-state index in [0.717, 1.165) is 69.2 Å². The van der Waals surface area contributed by atoms with Gasteiger partial charge in [-0.3, -0.25) is 19.5 Å². The molecule has 8 nitrogen and oxygen atoms in total. The Hall–Kier alpha value is -2.38. The van der Waals surface area contributed by atoms with Gasteiger partial charge < -0.3 is 15.1 Å². The number of hydrogen-bond acceptors (Lipinski definition) is 4. The standard InChI is InChI=1S/C28H43N5O3/c1-17(2)22-11-10-18(3)12-26(35)33-15-19-13-20(24(33)8-5-9-25(34)29-22)16-32(14-19)28(36)27-21-6-4-7-23(21)30-31-27/h17-20,22,24H,4-16H2,1-3H3,(H,29,34)(H,30,31)/t18-,19+,20-,22+,24+/m1/s1. The zero-order chi connectivity index (χ0) is 25.4. The Balaban J connectivity index is 1.32. The lowest BCUT2D eigenvalue weighted by molar-refractivity contribution is -0.141. The number of nitrogens with one attached hydrogen (secondary N) is 2. The minimum Gasteiger partial charge on any atom is -0.353 e. The molecule has 5 atom stereocenters. The summed E-state index contributed by atoms with van der Waals surface area (Å²) < 4.78 is 0. The first-order valence-electron chi connectivity index (χ1n) is 14.2. The maximum atomic E-state index is 13.6. The maximum Gasteiger partial charge on any atom is 0.274 e. The normalized spacial score (nSPS) is 31.7. The van der Waals surface area contributed by atoms with Gasteiger partial charge in [0.2, 0.25) is 11.8 Å². The first kappa shape index (κ1) is 25.3. The Labute approximate surface area is 214 Å². The summed E-state index contributed by atoms with van der Waals surface area (Å²) in [5.41, 5.74) is 2.83. The van der Waals surface area contributed by atoms with Crippen LogP contribution in [0.5, 0.6) is 0 Å². The SMILES string of the molecule is CC(C)[C@@H]1CC[C@@H](C)CC(=O)N2C[C@H]3C[C@H](CN(C(=O)c4n[nH]c5c4CCC5)C3)[C@@H]2CCCC(=O)N1. The number of aromatic nitrogens is 2. The largest absolute Gasteiger partial charge is 0.353 e. The lowest BCUT2D eigenvalue weighted by Crippen LogP contribution is -2.60. The van der Waals surface area contributed by atoms with Crippen molar-refractivity contribution < 1.29 is 14.4 Å². The molecule has 2 bridgehead atoms. The number of carbonyl (C=O) groups is 3. The molecule has 3 aliphatic heterocycles. The van der Waals surface area contributed by atoms with Crippen molar-refractivity contribution in [2.75, 3.05) is 19.6 Å². The quantitative estimate of drug-likeness (QED) is 0.655. The highest BCUT2D eigenvalue weighted by atomic mass is 16.2. The number of amides is 3. The highest BCUT2D eigenvalue weighted by Crippen LogP contribution is 2.37. The molecule has 198 valence electrons. The van der Waals surface area contributed by atoms with Gasteiger partial charge in [0.15, 0.2) is 5.69 Å². The summed E-state index contributed by atoms with van der Waals surface area (Å²) in [6.07, 6.45) is 8.54. The molecule has 3 amide bonds. The molecule has 0 saturated carbocycles. The van der Waals surface area contributed by atoms with E-state index in [9.17, 15) is 14.4 Å². The molecule has 1 aliphatic carbocycles. The van der Waals surface area contributed by atoms with Gasteiger partial charge in [0.25, 0.3) is 5.91 Å². The minimum atomic E-state index is 0.0428. The van der Waals surface area contributed by atoms with Gasteiger partial charge in [-0.05, 0) is 75.0 Å². The summed E-state index contributed by atoms with van der Waals surface area (Å²) in [7, 11) is 0. The van der Waals surface area contributed by atoms with E-state index in [1.807, 2.05) is 4.90 Å². The van der Waals surface area contributed by atoms with Gasteiger partial charge in [-0.25, -0.2) is 0 Å². The number of nitrogens with zero attached hydrogens (tertiary/aromatic N) is 3. The lowest BCUT2D eigenvalue weighted by atomic mass is 9.77. The Morgan fingerprint density at radius 2 is 1.86 bits per heavy atom. The summed E-state index contributed by atoms with van der Waals surface area (Å²) >= 11 is 0. The molecular weight excluding hydrogens is 454 g/mol. The number of aromatic amines is 1. The van der Waals surface area contributed by atoms with E-state index in [2.05, 4.69) is 41.2 Å². The van der Waals surface area contributed by atoms with E-state index < -0.39 is 0 Å². The third-order valence-corrected chi connectivity index (χ3v) is 9.13. The smallest absolute Gasteiger partial charge is 0.274 e. The van der Waals surface area contributed by atoms with Crippen molar-refractivity contribution >= 4 is 17.7 Å². The Morgan fingerprint density at radius 3 is 2.67 bits per heavy atom. The molecule has 5 rings (SSSR count). The van der Waals surface area contributed by atoms with Crippen LogP contribution >= 0.6 is 0 Å². The molecule has 4 aliphatic rings. The molecular formula is C28H43N5O3. The number of aryl methyl sites for hydroxylation is 1. The number of fused-ring (bicyclic) bond motifs is 5. The molecule has 36 heavy (non-hydrogen) atoms. The number of likely N-dealkylation sites (tertiary alicyclic amines) is 1. The lowest BCUT2D eigenvalue weighted by Gasteiger charge is -2.51. The molecule has 0 spiro atoms. The number of rotatable bonds is 2. The van der Waals surface area contributed by atoms with E-state index in [1.165, 1.54) is 0 Å². The topological polar surface area (TPSA) is 98.4 Å². The van der Waals surface area contributed by atoms with Crippen molar-refractivity contribution in [3.05, 3.63) is 17.0 Å². The van der Waals surface area contributed by atoms with Crippen LogP contribution in [-0.4, -0.2) is 69.4 Å². The maximum absolute atomic E-state index is 13.6. The van der Waals surface area contributed by atoms with Crippen LogP contribution in [0, 0.1) is 23.7 Å². The molecule has 3 saturated heterocycles. The third kappa shape index (κ3) is 5.18. The zero-order valence-electron chi connectivity index (χ0n) is 22.2. The van der Waals surface area contributed by atoms with Crippen molar-refractivity contribution in [2.24, 2.45) is 23.7 Å². The molecule has 0 unspecified atom stereocenters. The van der Waals surface area contributed by atoms with Gasteiger partial charge in [-0.1, -0.05) is 20.8 Å². The van der Waals surface area contributed by atoms with Crippen LogP contribution in [0.25, 0.3) is 0 Å². The van der Waals surface area contributed by atoms with Crippen molar-refractivity contribution in [3.8, 4) is 0 Å². The monoisotopic (exact) mass is 497 g/mol. The molecule has 3 fully saturated rings. The summed E-state index contributed by atoms with van der Waals surface area (Å²) in [4.78, 5) is 43.9. The van der Waals surface area contributed by atoms with Gasteiger partial charge in [-0.15, -0.1) is 0 Å². The fourth-order valence-electron chi connectivity index (χ4n) is 7.12. The van der Waals surface area contributed by atoms with Crippen molar-refractivity contribution in [3.63, 3.8) is 0 Å². The van der Waals surface area contributed by atoms with Crippen LogP contribution in [0.3, 0.4) is 0 Å². The van der Waals surface area contributed by atoms with Gasteiger partial charge in [0.1, 0.15) is 0 Å². The van der Waals surface area contributed by atoms with E-state index in [1.54, 1.807) is 0 Å². The fourth-order valence-corrected chi connectivity index (χ4v) is 7.12. The number of carbonyl (C=O) groups excluding carboxylic acids is 3. The van der Waals surface area contributed by atoms with Crippen molar-refractivity contribution in [1.29, 1.82) is 0 Å². The average molecular weight is 498 g/mol. The predicted octanol–water partition coefficient (Wildman–Crippen LogP) is 3.32. The number of piperidine rings is 2. The Kier molecular flexibility index (Phi) is 7.40. The second kappa shape index (κ2) is 10.5. The predicted molar refractivity (Wildman–Crippen MR) is 137 cm³/mol. The van der Waals surface area contributed by atoms with Gasteiger partial charge in [-0.2, -0.15) is 5.10 Å². The first-order chi connectivity index (χ1) is 17.3. The van der Waals surface area contributed by atoms with Crippen LogP contribution in [0.2, 0.25) is 0 Å². The summed E-state index contributed by atoms with van der Waals surface area (Å²) in [5.74, 6) is 1.65. The summed E-state index contributed by atoms with van der Waals surface area (Å²) in [5, 5.41) is 10.7. The number of hydrogen-bond donors (Lipinski definition) is 2. The minimum absolute atomic E-state index is 0.0428. The highest BCUT2D eigenvalue weighted by Gasteiger charge is 2.44. The second-order valence-electron chi connectivity index (χ2n) is 12.3. The summed E-state index contributed by atoms with van der Waals surface area (Å²) in [6, 6.07) is 0.261. The van der Waals surface area contributed by atoms with Crippen LogP contribution in [0.4, 0.5) is 0 Å². The molecule has 2 N–H and O–H groups in total. The van der Waals surface area contributed by atoms with Crippen molar-refractivity contribution in [1.82, 2.24) is 25.3 Å². The van der Waals surface area contributed by atoms with Gasteiger partial charge in [0.05, 0.1) is 0 Å². The Morgan fingerprint density at radius 1 is 1.03 bits per heavy atom. The van der Waals surface area contributed by atoms with E-state index >= 15 is 0 Å². The zero-order valence-corrected chi connectivity index (χ0v) is 22.2. The molecule has 4 heterocycles. The molecule has 0 radical (unpaired) electrons. The van der Waals surface area contributed by atoms with Crippen LogP contribution in [0.1, 0.15) is 93.9 Å².